The third kappa shape index (κ3) is 5.03. The summed E-state index contributed by atoms with van der Waals surface area (Å²) in [6.45, 7) is 9.11. The molecule has 0 spiro atoms. The third-order valence-electron chi connectivity index (χ3n) is 3.99. The van der Waals surface area contributed by atoms with Crippen LogP contribution in [0.1, 0.15) is 46.5 Å². The lowest BCUT2D eigenvalue weighted by Crippen LogP contribution is -2.35. The van der Waals surface area contributed by atoms with E-state index in [-0.39, 0.29) is 6.10 Å². The monoisotopic (exact) mass is 271 g/mol. The Kier molecular flexibility index (Phi) is 6.07. The molecular formula is C15H29NO3. The normalized spacial score (nSPS) is 39.6. The van der Waals surface area contributed by atoms with Gasteiger partial charge in [-0.25, -0.2) is 0 Å². The van der Waals surface area contributed by atoms with Crippen molar-refractivity contribution in [3.8, 4) is 0 Å². The maximum Gasteiger partial charge on any atom is 0.0814 e. The summed E-state index contributed by atoms with van der Waals surface area (Å²) in [7, 11) is 0. The van der Waals surface area contributed by atoms with Crippen LogP contribution in [-0.2, 0) is 14.2 Å². The van der Waals surface area contributed by atoms with Crippen LogP contribution < -0.4 is 5.32 Å². The van der Waals surface area contributed by atoms with Crippen molar-refractivity contribution in [2.75, 3.05) is 19.7 Å². The average molecular weight is 271 g/mol. The van der Waals surface area contributed by atoms with Gasteiger partial charge in [-0.15, -0.1) is 0 Å². The minimum atomic E-state index is 0.289. The quantitative estimate of drug-likeness (QED) is 0.803. The van der Waals surface area contributed by atoms with Gasteiger partial charge in [0.1, 0.15) is 0 Å². The third-order valence-corrected chi connectivity index (χ3v) is 3.99. The minimum Gasteiger partial charge on any atom is -0.375 e. The van der Waals surface area contributed by atoms with Gasteiger partial charge in [-0.2, -0.15) is 0 Å². The number of hydrogen-bond donors (Lipinski definition) is 1. The lowest BCUT2D eigenvalue weighted by Gasteiger charge is -2.32. The minimum absolute atomic E-state index is 0.289. The van der Waals surface area contributed by atoms with E-state index in [4.69, 9.17) is 14.2 Å². The molecule has 4 heteroatoms. The van der Waals surface area contributed by atoms with Gasteiger partial charge in [-0.1, -0.05) is 6.92 Å². The first-order chi connectivity index (χ1) is 9.17. The summed E-state index contributed by atoms with van der Waals surface area (Å²) in [6.07, 6.45) is 5.95. The molecule has 2 aliphatic heterocycles. The SMILES string of the molecule is CCNCC1CCC(COC2CC(C)OC(C)C2)O1. The standard InChI is InChI=1S/C15H29NO3/c1-4-16-9-13-5-6-14(19-13)10-17-15-7-11(2)18-12(3)8-15/h11-16H,4-10H2,1-3H3. The Bertz CT molecular complexity index is 252. The molecule has 19 heavy (non-hydrogen) atoms. The molecule has 0 radical (unpaired) electrons. The molecule has 4 nitrogen and oxygen atoms in total. The Balaban J connectivity index is 1.63. The molecular weight excluding hydrogens is 242 g/mol. The van der Waals surface area contributed by atoms with Gasteiger partial charge in [0, 0.05) is 6.54 Å². The van der Waals surface area contributed by atoms with Crippen LogP contribution in [-0.4, -0.2) is 50.2 Å². The summed E-state index contributed by atoms with van der Waals surface area (Å²) in [6, 6.07) is 0. The molecule has 4 atom stereocenters. The molecule has 0 saturated carbocycles. The molecule has 0 amide bonds. The predicted octanol–water partition coefficient (Wildman–Crippen LogP) is 2.12. The second kappa shape index (κ2) is 7.58. The van der Waals surface area contributed by atoms with Gasteiger partial charge in [-0.3, -0.25) is 0 Å². The summed E-state index contributed by atoms with van der Waals surface area (Å²) in [4.78, 5) is 0. The van der Waals surface area contributed by atoms with Gasteiger partial charge < -0.3 is 19.5 Å². The van der Waals surface area contributed by atoms with E-state index in [9.17, 15) is 0 Å². The number of ether oxygens (including phenoxy) is 3. The van der Waals surface area contributed by atoms with Gasteiger partial charge in [0.25, 0.3) is 0 Å². The summed E-state index contributed by atoms with van der Waals surface area (Å²) in [5, 5.41) is 3.35. The van der Waals surface area contributed by atoms with Crippen molar-refractivity contribution in [1.82, 2.24) is 5.32 Å². The fourth-order valence-electron chi connectivity index (χ4n) is 3.08. The summed E-state index contributed by atoms with van der Waals surface area (Å²) in [5.74, 6) is 0. The van der Waals surface area contributed by atoms with Crippen LogP contribution in [0.5, 0.6) is 0 Å². The van der Waals surface area contributed by atoms with Gasteiger partial charge in [0.05, 0.1) is 37.1 Å². The molecule has 2 aliphatic rings. The van der Waals surface area contributed by atoms with Crippen LogP contribution in [0.2, 0.25) is 0 Å². The lowest BCUT2D eigenvalue weighted by molar-refractivity contribution is -0.118. The van der Waals surface area contributed by atoms with Crippen LogP contribution >= 0.6 is 0 Å². The zero-order chi connectivity index (χ0) is 13.7. The zero-order valence-corrected chi connectivity index (χ0v) is 12.6. The molecule has 0 aromatic rings. The number of likely N-dealkylation sites (N-methyl/N-ethyl adjacent to an activating group) is 1. The van der Waals surface area contributed by atoms with Crippen molar-refractivity contribution in [1.29, 1.82) is 0 Å². The Morgan fingerprint density at radius 3 is 2.42 bits per heavy atom. The fourth-order valence-corrected chi connectivity index (χ4v) is 3.08. The van der Waals surface area contributed by atoms with E-state index in [1.165, 1.54) is 0 Å². The van der Waals surface area contributed by atoms with E-state index < -0.39 is 0 Å². The van der Waals surface area contributed by atoms with Crippen molar-refractivity contribution in [3.05, 3.63) is 0 Å². The molecule has 0 aliphatic carbocycles. The summed E-state index contributed by atoms with van der Waals surface area (Å²) < 4.78 is 17.8. The smallest absolute Gasteiger partial charge is 0.0814 e. The topological polar surface area (TPSA) is 39.7 Å². The number of nitrogens with one attached hydrogen (secondary N) is 1. The number of hydrogen-bond acceptors (Lipinski definition) is 4. The average Bonchev–Trinajstić information content (AvgIpc) is 2.81. The highest BCUT2D eigenvalue weighted by atomic mass is 16.6. The van der Waals surface area contributed by atoms with E-state index in [0.717, 1.165) is 45.4 Å². The Hall–Kier alpha value is -0.160. The predicted molar refractivity (Wildman–Crippen MR) is 75.4 cm³/mol. The first-order valence-electron chi connectivity index (χ1n) is 7.80. The molecule has 1 N–H and O–H groups in total. The van der Waals surface area contributed by atoms with E-state index in [1.807, 2.05) is 0 Å². The first-order valence-corrected chi connectivity index (χ1v) is 7.80. The van der Waals surface area contributed by atoms with Crippen molar-refractivity contribution >= 4 is 0 Å². The zero-order valence-electron chi connectivity index (χ0n) is 12.6. The largest absolute Gasteiger partial charge is 0.375 e. The Morgan fingerprint density at radius 1 is 1.05 bits per heavy atom. The Labute approximate surface area is 117 Å². The van der Waals surface area contributed by atoms with Crippen LogP contribution in [0.15, 0.2) is 0 Å². The fraction of sp³-hybridized carbons (Fsp3) is 1.00. The van der Waals surface area contributed by atoms with Gasteiger partial charge in [-0.05, 0) is 46.1 Å². The van der Waals surface area contributed by atoms with Crippen molar-refractivity contribution in [2.24, 2.45) is 0 Å². The lowest BCUT2D eigenvalue weighted by atomic mass is 10.0. The van der Waals surface area contributed by atoms with E-state index >= 15 is 0 Å². The van der Waals surface area contributed by atoms with E-state index in [2.05, 4.69) is 26.1 Å². The second-order valence-electron chi connectivity index (χ2n) is 5.95. The Morgan fingerprint density at radius 2 is 1.74 bits per heavy atom. The maximum absolute atomic E-state index is 6.04. The molecule has 4 unspecified atom stereocenters. The van der Waals surface area contributed by atoms with Gasteiger partial charge in [0.2, 0.25) is 0 Å². The number of rotatable bonds is 6. The molecule has 0 bridgehead atoms. The molecule has 2 saturated heterocycles. The summed E-state index contributed by atoms with van der Waals surface area (Å²) in [5.41, 5.74) is 0. The molecule has 0 aromatic carbocycles. The van der Waals surface area contributed by atoms with Crippen LogP contribution in [0.25, 0.3) is 0 Å². The van der Waals surface area contributed by atoms with E-state index in [0.29, 0.717) is 24.4 Å². The highest BCUT2D eigenvalue weighted by molar-refractivity contribution is 4.77. The van der Waals surface area contributed by atoms with Crippen molar-refractivity contribution in [3.63, 3.8) is 0 Å². The molecule has 112 valence electrons. The first kappa shape index (κ1) is 15.2. The van der Waals surface area contributed by atoms with Crippen LogP contribution in [0.4, 0.5) is 0 Å². The molecule has 2 rings (SSSR count). The maximum atomic E-state index is 6.04. The highest BCUT2D eigenvalue weighted by Crippen LogP contribution is 2.24. The highest BCUT2D eigenvalue weighted by Gasteiger charge is 2.28. The van der Waals surface area contributed by atoms with Crippen molar-refractivity contribution in [2.45, 2.75) is 77.0 Å². The molecule has 2 fully saturated rings. The van der Waals surface area contributed by atoms with Crippen LogP contribution in [0, 0.1) is 0 Å². The summed E-state index contributed by atoms with van der Waals surface area (Å²) >= 11 is 0. The van der Waals surface area contributed by atoms with Gasteiger partial charge in [0.15, 0.2) is 0 Å². The molecule has 2 heterocycles. The second-order valence-corrected chi connectivity index (χ2v) is 5.95. The van der Waals surface area contributed by atoms with Crippen molar-refractivity contribution < 1.29 is 14.2 Å². The van der Waals surface area contributed by atoms with Gasteiger partial charge >= 0.3 is 0 Å². The molecule has 0 aromatic heterocycles. The van der Waals surface area contributed by atoms with Crippen LogP contribution in [0.3, 0.4) is 0 Å². The van der Waals surface area contributed by atoms with E-state index in [1.54, 1.807) is 0 Å².